The Morgan fingerprint density at radius 3 is 3.06 bits per heavy atom. The molecule has 6 nitrogen and oxygen atoms in total. The first-order chi connectivity index (χ1) is 8.74. The molecule has 1 atom stereocenters. The first-order valence-electron chi connectivity index (χ1n) is 5.73. The lowest BCUT2D eigenvalue weighted by atomic mass is 10.1. The molecular weight excluding hydrogens is 234 g/mol. The van der Waals surface area contributed by atoms with Gasteiger partial charge in [0.25, 0.3) is 5.91 Å². The van der Waals surface area contributed by atoms with Crippen LogP contribution in [0.3, 0.4) is 0 Å². The second-order valence-corrected chi connectivity index (χ2v) is 3.98. The van der Waals surface area contributed by atoms with Gasteiger partial charge in [0.15, 0.2) is 0 Å². The number of rotatable bonds is 2. The monoisotopic (exact) mass is 249 g/mol. The Morgan fingerprint density at radius 2 is 2.39 bits per heavy atom. The largest absolute Gasteiger partial charge is 0.467 e. The van der Waals surface area contributed by atoms with E-state index in [0.717, 1.165) is 0 Å². The van der Waals surface area contributed by atoms with Gasteiger partial charge in [0, 0.05) is 32.0 Å². The van der Waals surface area contributed by atoms with Crippen LogP contribution in [0.4, 0.5) is 0 Å². The van der Waals surface area contributed by atoms with Crippen molar-refractivity contribution in [3.63, 3.8) is 0 Å². The van der Waals surface area contributed by atoms with Crippen LogP contribution in [0.5, 0.6) is 0 Å². The maximum absolute atomic E-state index is 12.3. The van der Waals surface area contributed by atoms with E-state index in [1.54, 1.807) is 18.3 Å². The molecule has 0 unspecified atom stereocenters. The molecule has 0 aromatic carbocycles. The lowest BCUT2D eigenvalue weighted by molar-refractivity contribution is -0.146. The Bertz CT molecular complexity index is 435. The average molecular weight is 249 g/mol. The predicted molar refractivity (Wildman–Crippen MR) is 63.9 cm³/mol. The van der Waals surface area contributed by atoms with E-state index in [2.05, 4.69) is 10.3 Å². The Morgan fingerprint density at radius 1 is 1.56 bits per heavy atom. The smallest absolute Gasteiger partial charge is 0.329 e. The second kappa shape index (κ2) is 5.59. The first kappa shape index (κ1) is 12.5. The van der Waals surface area contributed by atoms with E-state index in [1.165, 1.54) is 18.2 Å². The third-order valence-corrected chi connectivity index (χ3v) is 2.89. The SMILES string of the molecule is COC(=O)[C@@H]1CNCCN1C(=O)c1cccnc1. The summed E-state index contributed by atoms with van der Waals surface area (Å²) in [6.45, 7) is 1.56. The molecule has 1 amide bonds. The molecule has 1 fully saturated rings. The topological polar surface area (TPSA) is 71.5 Å². The highest BCUT2D eigenvalue weighted by Gasteiger charge is 2.33. The van der Waals surface area contributed by atoms with Gasteiger partial charge in [-0.1, -0.05) is 0 Å². The molecule has 1 aromatic heterocycles. The van der Waals surface area contributed by atoms with Gasteiger partial charge in [-0.15, -0.1) is 0 Å². The Labute approximate surface area is 105 Å². The van der Waals surface area contributed by atoms with E-state index in [9.17, 15) is 9.59 Å². The Kier molecular flexibility index (Phi) is 3.88. The van der Waals surface area contributed by atoms with Crippen LogP contribution >= 0.6 is 0 Å². The van der Waals surface area contributed by atoms with Crippen molar-refractivity contribution in [2.24, 2.45) is 0 Å². The second-order valence-electron chi connectivity index (χ2n) is 3.98. The van der Waals surface area contributed by atoms with Crippen molar-refractivity contribution < 1.29 is 14.3 Å². The number of nitrogens with zero attached hydrogens (tertiary/aromatic N) is 2. The van der Waals surface area contributed by atoms with Crippen LogP contribution in [0.15, 0.2) is 24.5 Å². The van der Waals surface area contributed by atoms with Gasteiger partial charge in [-0.2, -0.15) is 0 Å². The van der Waals surface area contributed by atoms with Gasteiger partial charge in [-0.25, -0.2) is 4.79 Å². The number of aromatic nitrogens is 1. The highest BCUT2D eigenvalue weighted by molar-refractivity contribution is 5.96. The molecule has 1 aliphatic rings. The standard InChI is InChI=1S/C12H15N3O3/c1-18-12(17)10-8-14-5-6-15(10)11(16)9-3-2-4-13-7-9/h2-4,7,10,14H,5-6,8H2,1H3/t10-/m0/s1. The Balaban J connectivity index is 2.19. The molecule has 0 spiro atoms. The minimum atomic E-state index is -0.573. The molecule has 96 valence electrons. The van der Waals surface area contributed by atoms with Crippen molar-refractivity contribution in [1.82, 2.24) is 15.2 Å². The number of ether oxygens (including phenoxy) is 1. The number of carbonyl (C=O) groups is 2. The number of carbonyl (C=O) groups excluding carboxylic acids is 2. The van der Waals surface area contributed by atoms with E-state index >= 15 is 0 Å². The van der Waals surface area contributed by atoms with E-state index in [4.69, 9.17) is 4.74 Å². The van der Waals surface area contributed by atoms with Gasteiger partial charge in [-0.05, 0) is 12.1 Å². The third kappa shape index (κ3) is 2.48. The summed E-state index contributed by atoms with van der Waals surface area (Å²) in [5, 5.41) is 3.08. The van der Waals surface area contributed by atoms with Crippen molar-refractivity contribution in [2.45, 2.75) is 6.04 Å². The summed E-state index contributed by atoms with van der Waals surface area (Å²) < 4.78 is 4.72. The third-order valence-electron chi connectivity index (χ3n) is 2.89. The van der Waals surface area contributed by atoms with Crippen LogP contribution in [0.25, 0.3) is 0 Å². The predicted octanol–water partition coefficient (Wildman–Crippen LogP) is -0.331. The minimum Gasteiger partial charge on any atom is -0.467 e. The fourth-order valence-electron chi connectivity index (χ4n) is 1.95. The lowest BCUT2D eigenvalue weighted by Gasteiger charge is -2.34. The van der Waals surface area contributed by atoms with Gasteiger partial charge in [0.05, 0.1) is 12.7 Å². The summed E-state index contributed by atoms with van der Waals surface area (Å²) in [5.41, 5.74) is 0.480. The van der Waals surface area contributed by atoms with E-state index in [-0.39, 0.29) is 5.91 Å². The van der Waals surface area contributed by atoms with E-state index in [0.29, 0.717) is 25.2 Å². The van der Waals surface area contributed by atoms with E-state index in [1.807, 2.05) is 0 Å². The summed E-state index contributed by atoms with van der Waals surface area (Å²) in [6, 6.07) is 2.81. The van der Waals surface area contributed by atoms with Crippen molar-refractivity contribution in [3.8, 4) is 0 Å². The molecule has 1 N–H and O–H groups in total. The summed E-state index contributed by atoms with van der Waals surface area (Å²) in [7, 11) is 1.32. The molecule has 2 rings (SSSR count). The van der Waals surface area contributed by atoms with Gasteiger partial charge >= 0.3 is 5.97 Å². The zero-order chi connectivity index (χ0) is 13.0. The number of nitrogens with one attached hydrogen (secondary N) is 1. The molecule has 1 aliphatic heterocycles. The van der Waals surface area contributed by atoms with Crippen LogP contribution in [0, 0.1) is 0 Å². The normalized spacial score (nSPS) is 19.4. The van der Waals surface area contributed by atoms with Crippen molar-refractivity contribution in [1.29, 1.82) is 0 Å². The number of methoxy groups -OCH3 is 1. The molecule has 0 radical (unpaired) electrons. The molecular formula is C12H15N3O3. The highest BCUT2D eigenvalue weighted by Crippen LogP contribution is 2.10. The zero-order valence-electron chi connectivity index (χ0n) is 10.1. The van der Waals surface area contributed by atoms with Crippen molar-refractivity contribution in [3.05, 3.63) is 30.1 Å². The first-order valence-corrected chi connectivity index (χ1v) is 5.73. The molecule has 0 saturated carbocycles. The summed E-state index contributed by atoms with van der Waals surface area (Å²) in [5.74, 6) is -0.598. The number of hydrogen-bond donors (Lipinski definition) is 1. The molecule has 6 heteroatoms. The number of piperazine rings is 1. The van der Waals surface area contributed by atoms with Gasteiger partial charge in [0.2, 0.25) is 0 Å². The maximum atomic E-state index is 12.3. The summed E-state index contributed by atoms with van der Waals surface area (Å²) in [6.07, 6.45) is 3.10. The Hall–Kier alpha value is -1.95. The quantitative estimate of drug-likeness (QED) is 0.727. The lowest BCUT2D eigenvalue weighted by Crippen LogP contribution is -2.57. The summed E-state index contributed by atoms with van der Waals surface area (Å²) in [4.78, 5) is 29.4. The van der Waals surface area contributed by atoms with E-state index < -0.39 is 12.0 Å². The number of hydrogen-bond acceptors (Lipinski definition) is 5. The maximum Gasteiger partial charge on any atom is 0.329 e. The summed E-state index contributed by atoms with van der Waals surface area (Å²) >= 11 is 0. The molecule has 0 aliphatic carbocycles. The van der Waals surface area contributed by atoms with Gasteiger partial charge in [0.1, 0.15) is 6.04 Å². The molecule has 1 aromatic rings. The molecule has 0 bridgehead atoms. The van der Waals surface area contributed by atoms with Crippen LogP contribution < -0.4 is 5.32 Å². The van der Waals surface area contributed by atoms with Crippen molar-refractivity contribution >= 4 is 11.9 Å². The van der Waals surface area contributed by atoms with Crippen LogP contribution in [0.2, 0.25) is 0 Å². The average Bonchev–Trinajstić information content (AvgIpc) is 2.46. The van der Waals surface area contributed by atoms with Crippen LogP contribution in [-0.4, -0.2) is 54.5 Å². The minimum absolute atomic E-state index is 0.194. The van der Waals surface area contributed by atoms with Crippen molar-refractivity contribution in [2.75, 3.05) is 26.7 Å². The fraction of sp³-hybridized carbons (Fsp3) is 0.417. The number of amides is 1. The van der Waals surface area contributed by atoms with Crippen LogP contribution in [0.1, 0.15) is 10.4 Å². The molecule has 2 heterocycles. The molecule has 18 heavy (non-hydrogen) atoms. The molecule has 1 saturated heterocycles. The number of pyridine rings is 1. The van der Waals surface area contributed by atoms with Gasteiger partial charge < -0.3 is 15.0 Å². The van der Waals surface area contributed by atoms with Gasteiger partial charge in [-0.3, -0.25) is 9.78 Å². The number of esters is 1. The highest BCUT2D eigenvalue weighted by atomic mass is 16.5. The fourth-order valence-corrected chi connectivity index (χ4v) is 1.95. The zero-order valence-corrected chi connectivity index (χ0v) is 10.1. The van der Waals surface area contributed by atoms with Crippen LogP contribution in [-0.2, 0) is 9.53 Å².